The predicted octanol–water partition coefficient (Wildman–Crippen LogP) is 2.82. The second-order valence-electron chi connectivity index (χ2n) is 5.20. The molecule has 0 aromatic heterocycles. The van der Waals surface area contributed by atoms with Gasteiger partial charge in [0.15, 0.2) is 5.78 Å². The Morgan fingerprint density at radius 1 is 1.21 bits per heavy atom. The number of aliphatic carboxylic acids is 1. The third-order valence-electron chi connectivity index (χ3n) is 2.71. The van der Waals surface area contributed by atoms with Crippen LogP contribution < -0.4 is 4.74 Å². The van der Waals surface area contributed by atoms with E-state index in [0.717, 1.165) is 17.7 Å². The highest BCUT2D eigenvalue weighted by Crippen LogP contribution is 2.28. The van der Waals surface area contributed by atoms with Gasteiger partial charge in [0.2, 0.25) is 0 Å². The summed E-state index contributed by atoms with van der Waals surface area (Å²) in [5.41, 5.74) is 1.26. The molecule has 0 saturated carbocycles. The molecule has 0 aliphatic carbocycles. The zero-order valence-corrected chi connectivity index (χ0v) is 11.6. The highest BCUT2D eigenvalue weighted by atomic mass is 16.5. The molecule has 1 N–H and O–H groups in total. The van der Waals surface area contributed by atoms with Crippen molar-refractivity contribution in [3.8, 4) is 5.75 Å². The van der Waals surface area contributed by atoms with E-state index in [1.807, 2.05) is 26.8 Å². The molecule has 19 heavy (non-hydrogen) atoms. The van der Waals surface area contributed by atoms with E-state index in [0.29, 0.717) is 11.3 Å². The van der Waals surface area contributed by atoms with Gasteiger partial charge >= 0.3 is 5.97 Å². The molecule has 0 spiro atoms. The van der Waals surface area contributed by atoms with E-state index in [1.54, 1.807) is 12.1 Å². The fraction of sp³-hybridized carbons (Fsp3) is 0.333. The summed E-state index contributed by atoms with van der Waals surface area (Å²) in [6, 6.07) is 5.37. The summed E-state index contributed by atoms with van der Waals surface area (Å²) < 4.78 is 5.14. The molecule has 4 nitrogen and oxygen atoms in total. The number of rotatable bonds is 4. The lowest BCUT2D eigenvalue weighted by Crippen LogP contribution is -2.12. The Morgan fingerprint density at radius 2 is 1.84 bits per heavy atom. The summed E-state index contributed by atoms with van der Waals surface area (Å²) in [6.45, 7) is 6.11. The van der Waals surface area contributed by atoms with Crippen LogP contribution >= 0.6 is 0 Å². The molecule has 0 aliphatic heterocycles. The van der Waals surface area contributed by atoms with E-state index < -0.39 is 5.97 Å². The Balaban J connectivity index is 3.23. The van der Waals surface area contributed by atoms with Gasteiger partial charge in [0.05, 0.1) is 12.7 Å². The van der Waals surface area contributed by atoms with Crippen molar-refractivity contribution in [3.63, 3.8) is 0 Å². The molecule has 0 saturated heterocycles. The van der Waals surface area contributed by atoms with Crippen LogP contribution in [0.5, 0.6) is 5.75 Å². The first-order valence-electron chi connectivity index (χ1n) is 5.89. The number of carbonyl (C=O) groups excluding carboxylic acids is 1. The number of carboxylic acids is 1. The van der Waals surface area contributed by atoms with Gasteiger partial charge in [-0.1, -0.05) is 26.8 Å². The molecular weight excluding hydrogens is 244 g/mol. The van der Waals surface area contributed by atoms with Crippen LogP contribution in [0.25, 0.3) is 0 Å². The number of hydrogen-bond acceptors (Lipinski definition) is 3. The quantitative estimate of drug-likeness (QED) is 0.669. The Bertz CT molecular complexity index is 521. The van der Waals surface area contributed by atoms with Crippen LogP contribution in [0.4, 0.5) is 0 Å². The van der Waals surface area contributed by atoms with E-state index >= 15 is 0 Å². The van der Waals surface area contributed by atoms with Gasteiger partial charge in [0.25, 0.3) is 0 Å². The van der Waals surface area contributed by atoms with Gasteiger partial charge in [-0.05, 0) is 29.2 Å². The lowest BCUT2D eigenvalue weighted by Gasteiger charge is -2.20. The van der Waals surface area contributed by atoms with Gasteiger partial charge in [0, 0.05) is 6.08 Å². The van der Waals surface area contributed by atoms with Crippen LogP contribution in [-0.4, -0.2) is 24.0 Å². The minimum absolute atomic E-state index is 0.0994. The Morgan fingerprint density at radius 3 is 2.32 bits per heavy atom. The van der Waals surface area contributed by atoms with E-state index in [1.165, 1.54) is 7.11 Å². The summed E-state index contributed by atoms with van der Waals surface area (Å²) in [7, 11) is 1.48. The molecule has 0 amide bonds. The molecule has 1 rings (SSSR count). The zero-order valence-electron chi connectivity index (χ0n) is 11.6. The summed E-state index contributed by atoms with van der Waals surface area (Å²) in [6.07, 6.45) is 1.86. The highest BCUT2D eigenvalue weighted by molar-refractivity contribution is 6.08. The summed E-state index contributed by atoms with van der Waals surface area (Å²) in [5, 5.41) is 8.55. The van der Waals surface area contributed by atoms with Crippen LogP contribution in [0, 0.1) is 0 Å². The normalized spacial score (nSPS) is 11.6. The van der Waals surface area contributed by atoms with E-state index in [-0.39, 0.29) is 11.2 Å². The average molecular weight is 262 g/mol. The SMILES string of the molecule is COc1ccc(C(C)(C)C)cc1C(=O)/C=C/C(=O)O. The van der Waals surface area contributed by atoms with E-state index in [2.05, 4.69) is 0 Å². The maximum Gasteiger partial charge on any atom is 0.328 e. The highest BCUT2D eigenvalue weighted by Gasteiger charge is 2.18. The molecule has 0 atom stereocenters. The van der Waals surface area contributed by atoms with Gasteiger partial charge in [-0.3, -0.25) is 4.79 Å². The number of methoxy groups -OCH3 is 1. The van der Waals surface area contributed by atoms with Gasteiger partial charge in [-0.25, -0.2) is 4.79 Å². The Kier molecular flexibility index (Phi) is 4.48. The van der Waals surface area contributed by atoms with Gasteiger partial charge in [0.1, 0.15) is 5.75 Å². The van der Waals surface area contributed by atoms with Crippen molar-refractivity contribution in [1.29, 1.82) is 0 Å². The first kappa shape index (κ1) is 15.0. The Hall–Kier alpha value is -2.10. The number of ketones is 1. The molecule has 0 unspecified atom stereocenters. The van der Waals surface area contributed by atoms with Crippen LogP contribution in [0.1, 0.15) is 36.7 Å². The standard InChI is InChI=1S/C15H18O4/c1-15(2,3)10-5-7-13(19-4)11(9-10)12(16)6-8-14(17)18/h5-9H,1-4H3,(H,17,18)/b8-6+. The smallest absolute Gasteiger partial charge is 0.328 e. The molecular formula is C15H18O4. The van der Waals surface area contributed by atoms with Crippen molar-refractivity contribution in [2.24, 2.45) is 0 Å². The minimum Gasteiger partial charge on any atom is -0.496 e. The molecule has 0 radical (unpaired) electrons. The zero-order chi connectivity index (χ0) is 14.6. The lowest BCUT2D eigenvalue weighted by atomic mass is 9.85. The van der Waals surface area contributed by atoms with Crippen LogP contribution in [0.15, 0.2) is 30.4 Å². The second-order valence-corrected chi connectivity index (χ2v) is 5.20. The fourth-order valence-electron chi connectivity index (χ4n) is 1.60. The predicted molar refractivity (Wildman–Crippen MR) is 72.8 cm³/mol. The van der Waals surface area contributed by atoms with Crippen molar-refractivity contribution in [2.75, 3.05) is 7.11 Å². The van der Waals surface area contributed by atoms with Gasteiger partial charge in [-0.15, -0.1) is 0 Å². The molecule has 0 heterocycles. The number of ether oxygens (including phenoxy) is 1. The van der Waals surface area contributed by atoms with Gasteiger partial charge < -0.3 is 9.84 Å². The van der Waals surface area contributed by atoms with Crippen LogP contribution in [0.3, 0.4) is 0 Å². The Labute approximate surface area is 112 Å². The lowest BCUT2D eigenvalue weighted by molar-refractivity contribution is -0.131. The number of hydrogen-bond donors (Lipinski definition) is 1. The maximum absolute atomic E-state index is 12.0. The molecule has 4 heteroatoms. The first-order valence-corrected chi connectivity index (χ1v) is 5.89. The van der Waals surface area contributed by atoms with Crippen molar-refractivity contribution in [2.45, 2.75) is 26.2 Å². The first-order chi connectivity index (χ1) is 8.75. The average Bonchev–Trinajstić information content (AvgIpc) is 2.33. The third kappa shape index (κ3) is 3.95. The maximum atomic E-state index is 12.0. The van der Waals surface area contributed by atoms with Crippen molar-refractivity contribution < 1.29 is 19.4 Å². The third-order valence-corrected chi connectivity index (χ3v) is 2.71. The topological polar surface area (TPSA) is 63.6 Å². The molecule has 0 bridgehead atoms. The largest absolute Gasteiger partial charge is 0.496 e. The van der Waals surface area contributed by atoms with Crippen molar-refractivity contribution in [3.05, 3.63) is 41.5 Å². The van der Waals surface area contributed by atoms with Crippen LogP contribution in [-0.2, 0) is 10.2 Å². The van der Waals surface area contributed by atoms with Crippen LogP contribution in [0.2, 0.25) is 0 Å². The number of allylic oxidation sites excluding steroid dienone is 1. The van der Waals surface area contributed by atoms with E-state index in [4.69, 9.17) is 9.84 Å². The molecule has 0 fully saturated rings. The summed E-state index contributed by atoms with van der Waals surface area (Å²) >= 11 is 0. The monoisotopic (exact) mass is 262 g/mol. The van der Waals surface area contributed by atoms with E-state index in [9.17, 15) is 9.59 Å². The fourth-order valence-corrected chi connectivity index (χ4v) is 1.60. The number of benzene rings is 1. The van der Waals surface area contributed by atoms with Gasteiger partial charge in [-0.2, -0.15) is 0 Å². The summed E-state index contributed by atoms with van der Waals surface area (Å²) in [5.74, 6) is -1.10. The summed E-state index contributed by atoms with van der Waals surface area (Å²) in [4.78, 5) is 22.4. The number of carbonyl (C=O) groups is 2. The minimum atomic E-state index is -1.15. The number of carboxylic acid groups (broad SMARTS) is 1. The van der Waals surface area contributed by atoms with Crippen molar-refractivity contribution >= 4 is 11.8 Å². The molecule has 1 aromatic carbocycles. The van der Waals surface area contributed by atoms with Crippen molar-refractivity contribution in [1.82, 2.24) is 0 Å². The molecule has 0 aliphatic rings. The molecule has 1 aromatic rings. The second kappa shape index (κ2) is 5.69. The molecule has 102 valence electrons.